The number of carbonyl (C=O) groups is 2. The van der Waals surface area contributed by atoms with Crippen LogP contribution < -0.4 is 20.1 Å². The number of amides is 2. The lowest BCUT2D eigenvalue weighted by atomic mass is 10.2. The van der Waals surface area contributed by atoms with E-state index in [-0.39, 0.29) is 24.2 Å². The van der Waals surface area contributed by atoms with E-state index in [4.69, 9.17) is 21.1 Å². The Bertz CT molecular complexity index is 1120. The van der Waals surface area contributed by atoms with Gasteiger partial charge in [0, 0.05) is 34.8 Å². The molecule has 0 fully saturated rings. The van der Waals surface area contributed by atoms with Crippen molar-refractivity contribution >= 4 is 23.4 Å². The maximum Gasteiger partial charge on any atom is 0.251 e. The fraction of sp³-hybridized carbons (Fsp3) is 0.200. The van der Waals surface area contributed by atoms with Crippen molar-refractivity contribution in [2.24, 2.45) is 0 Å². The average molecular weight is 469 g/mol. The van der Waals surface area contributed by atoms with Gasteiger partial charge in [0.2, 0.25) is 0 Å². The molecule has 33 heavy (non-hydrogen) atoms. The highest BCUT2D eigenvalue weighted by Gasteiger charge is 2.12. The number of benzene rings is 3. The van der Waals surface area contributed by atoms with Gasteiger partial charge >= 0.3 is 0 Å². The molecule has 3 aromatic carbocycles. The molecule has 0 saturated heterocycles. The van der Waals surface area contributed by atoms with E-state index in [1.807, 2.05) is 18.2 Å². The zero-order valence-corrected chi connectivity index (χ0v) is 18.9. The number of phenols is 1. The standard InChI is InChI=1S/C25H25ClN2O5/c1-32-23-15-18(10-11-22(23)33-16-19-6-2-3-9-21(19)26)25(31)28-13-5-12-27-24(30)17-7-4-8-20(29)14-17/h2-4,6-11,14-15,29H,5,12-13,16H2,1H3,(H,27,30)(H,28,31). The summed E-state index contributed by atoms with van der Waals surface area (Å²) in [6.07, 6.45) is 0.548. The molecule has 0 aliphatic rings. The molecule has 0 atom stereocenters. The van der Waals surface area contributed by atoms with Gasteiger partial charge in [-0.25, -0.2) is 0 Å². The predicted molar refractivity (Wildman–Crippen MR) is 126 cm³/mol. The quantitative estimate of drug-likeness (QED) is 0.388. The van der Waals surface area contributed by atoms with E-state index in [2.05, 4.69) is 10.6 Å². The molecule has 0 aromatic heterocycles. The van der Waals surface area contributed by atoms with Crippen LogP contribution in [0, 0.1) is 0 Å². The Labute approximate surface area is 197 Å². The van der Waals surface area contributed by atoms with Crippen molar-refractivity contribution in [1.82, 2.24) is 10.6 Å². The topological polar surface area (TPSA) is 96.9 Å². The van der Waals surface area contributed by atoms with Crippen LogP contribution >= 0.6 is 11.6 Å². The second-order valence-corrected chi connectivity index (χ2v) is 7.57. The summed E-state index contributed by atoms with van der Waals surface area (Å²) in [4.78, 5) is 24.5. The minimum atomic E-state index is -0.283. The monoisotopic (exact) mass is 468 g/mol. The highest BCUT2D eigenvalue weighted by Crippen LogP contribution is 2.29. The Kier molecular flexibility index (Phi) is 8.55. The first-order valence-electron chi connectivity index (χ1n) is 10.4. The van der Waals surface area contributed by atoms with Crippen LogP contribution in [0.15, 0.2) is 66.7 Å². The maximum absolute atomic E-state index is 12.5. The maximum atomic E-state index is 12.5. The van der Waals surface area contributed by atoms with Crippen LogP contribution in [0.5, 0.6) is 17.2 Å². The lowest BCUT2D eigenvalue weighted by molar-refractivity contribution is 0.0951. The average Bonchev–Trinajstić information content (AvgIpc) is 2.83. The molecule has 7 nitrogen and oxygen atoms in total. The summed E-state index contributed by atoms with van der Waals surface area (Å²) in [6, 6.07) is 18.5. The van der Waals surface area contributed by atoms with Crippen molar-refractivity contribution < 1.29 is 24.2 Å². The van der Waals surface area contributed by atoms with Gasteiger partial charge in [0.1, 0.15) is 12.4 Å². The molecule has 3 aromatic rings. The lowest BCUT2D eigenvalue weighted by Crippen LogP contribution is -2.29. The second-order valence-electron chi connectivity index (χ2n) is 7.16. The highest BCUT2D eigenvalue weighted by atomic mass is 35.5. The van der Waals surface area contributed by atoms with Crippen LogP contribution in [0.3, 0.4) is 0 Å². The minimum absolute atomic E-state index is 0.0330. The van der Waals surface area contributed by atoms with Gasteiger partial charge in [-0.05, 0) is 48.9 Å². The summed E-state index contributed by atoms with van der Waals surface area (Å²) in [5, 5.41) is 15.6. The summed E-state index contributed by atoms with van der Waals surface area (Å²) in [5.41, 5.74) is 1.66. The predicted octanol–water partition coefficient (Wildman–Crippen LogP) is 4.18. The molecule has 0 aliphatic heterocycles. The molecule has 8 heteroatoms. The van der Waals surface area contributed by atoms with Gasteiger partial charge in [-0.3, -0.25) is 9.59 Å². The number of methoxy groups -OCH3 is 1. The third kappa shape index (κ3) is 6.89. The number of carbonyl (C=O) groups excluding carboxylic acids is 2. The number of nitrogens with one attached hydrogen (secondary N) is 2. The van der Waals surface area contributed by atoms with E-state index in [1.54, 1.807) is 36.4 Å². The molecule has 2 amide bonds. The van der Waals surface area contributed by atoms with Crippen LogP contribution in [0.2, 0.25) is 5.02 Å². The van der Waals surface area contributed by atoms with Gasteiger partial charge in [0.25, 0.3) is 11.8 Å². The zero-order valence-electron chi connectivity index (χ0n) is 18.1. The number of halogens is 1. The van der Waals surface area contributed by atoms with Crippen molar-refractivity contribution in [1.29, 1.82) is 0 Å². The van der Waals surface area contributed by atoms with Crippen molar-refractivity contribution in [3.63, 3.8) is 0 Å². The number of hydrogen-bond donors (Lipinski definition) is 3. The minimum Gasteiger partial charge on any atom is -0.508 e. The summed E-state index contributed by atoms with van der Waals surface area (Å²) >= 11 is 6.16. The number of phenolic OH excluding ortho intramolecular Hbond substituents is 1. The van der Waals surface area contributed by atoms with Gasteiger partial charge in [0.15, 0.2) is 11.5 Å². The van der Waals surface area contributed by atoms with Crippen LogP contribution in [0.4, 0.5) is 0 Å². The Balaban J connectivity index is 1.46. The van der Waals surface area contributed by atoms with Gasteiger partial charge in [0.05, 0.1) is 7.11 Å². The Morgan fingerprint density at radius 2 is 1.58 bits per heavy atom. The molecule has 0 bridgehead atoms. The molecular weight excluding hydrogens is 444 g/mol. The fourth-order valence-electron chi connectivity index (χ4n) is 3.04. The Hall–Kier alpha value is -3.71. The molecule has 3 N–H and O–H groups in total. The van der Waals surface area contributed by atoms with Crippen molar-refractivity contribution in [2.75, 3.05) is 20.2 Å². The molecule has 0 saturated carbocycles. The number of rotatable bonds is 10. The van der Waals surface area contributed by atoms with E-state index in [9.17, 15) is 14.7 Å². The van der Waals surface area contributed by atoms with Gasteiger partial charge in [-0.15, -0.1) is 0 Å². The van der Waals surface area contributed by atoms with Crippen molar-refractivity contribution in [3.05, 3.63) is 88.4 Å². The summed E-state index contributed by atoms with van der Waals surface area (Å²) in [7, 11) is 1.51. The van der Waals surface area contributed by atoms with Crippen LogP contribution in [0.25, 0.3) is 0 Å². The third-order valence-corrected chi connectivity index (χ3v) is 5.17. The van der Waals surface area contributed by atoms with E-state index < -0.39 is 0 Å². The summed E-state index contributed by atoms with van der Waals surface area (Å²) in [5.74, 6) is 0.432. The molecule has 0 spiro atoms. The molecule has 0 heterocycles. The van der Waals surface area contributed by atoms with Gasteiger partial charge in [-0.2, -0.15) is 0 Å². The van der Waals surface area contributed by atoms with E-state index in [0.717, 1.165) is 5.56 Å². The van der Waals surface area contributed by atoms with Crippen LogP contribution in [-0.4, -0.2) is 37.1 Å². The molecule has 172 valence electrons. The smallest absolute Gasteiger partial charge is 0.251 e. The Morgan fingerprint density at radius 1 is 0.879 bits per heavy atom. The van der Waals surface area contributed by atoms with Crippen LogP contribution in [0.1, 0.15) is 32.7 Å². The summed E-state index contributed by atoms with van der Waals surface area (Å²) in [6.45, 7) is 1.04. The number of hydrogen-bond acceptors (Lipinski definition) is 5. The summed E-state index contributed by atoms with van der Waals surface area (Å²) < 4.78 is 11.2. The first-order valence-corrected chi connectivity index (χ1v) is 10.8. The Morgan fingerprint density at radius 3 is 2.24 bits per heavy atom. The van der Waals surface area contributed by atoms with Crippen molar-refractivity contribution in [2.45, 2.75) is 13.0 Å². The van der Waals surface area contributed by atoms with Crippen molar-refractivity contribution in [3.8, 4) is 17.2 Å². The lowest BCUT2D eigenvalue weighted by Gasteiger charge is -2.13. The molecule has 0 aliphatic carbocycles. The highest BCUT2D eigenvalue weighted by molar-refractivity contribution is 6.31. The number of ether oxygens (including phenoxy) is 2. The first-order chi connectivity index (χ1) is 16.0. The van der Waals surface area contributed by atoms with E-state index >= 15 is 0 Å². The first kappa shape index (κ1) is 23.9. The molecule has 3 rings (SSSR count). The SMILES string of the molecule is COc1cc(C(=O)NCCCNC(=O)c2cccc(O)c2)ccc1OCc1ccccc1Cl. The number of aromatic hydroxyl groups is 1. The molecule has 0 unspecified atom stereocenters. The van der Waals surface area contributed by atoms with Gasteiger partial charge < -0.3 is 25.2 Å². The fourth-order valence-corrected chi connectivity index (χ4v) is 3.23. The van der Waals surface area contributed by atoms with E-state index in [0.29, 0.717) is 47.2 Å². The van der Waals surface area contributed by atoms with Crippen LogP contribution in [-0.2, 0) is 6.61 Å². The normalized spacial score (nSPS) is 10.4. The van der Waals surface area contributed by atoms with Gasteiger partial charge in [-0.1, -0.05) is 35.9 Å². The third-order valence-electron chi connectivity index (χ3n) is 4.80. The van der Waals surface area contributed by atoms with E-state index in [1.165, 1.54) is 19.2 Å². The zero-order chi connectivity index (χ0) is 23.6. The largest absolute Gasteiger partial charge is 0.508 e. The molecule has 0 radical (unpaired) electrons. The second kappa shape index (κ2) is 11.8. The molecular formula is C25H25ClN2O5.